The molecule has 0 saturated carbocycles. The normalized spacial score (nSPS) is 11.7. The summed E-state index contributed by atoms with van der Waals surface area (Å²) in [4.78, 5) is 28.5. The Balaban J connectivity index is 1.76. The summed E-state index contributed by atoms with van der Waals surface area (Å²) < 4.78 is 7.61. The summed E-state index contributed by atoms with van der Waals surface area (Å²) in [5.41, 5.74) is 4.73. The third kappa shape index (κ3) is 5.16. The van der Waals surface area contributed by atoms with Gasteiger partial charge in [0.2, 0.25) is 0 Å². The molecule has 0 radical (unpaired) electrons. The average Bonchev–Trinajstić information content (AvgIpc) is 3.21. The van der Waals surface area contributed by atoms with E-state index in [9.17, 15) is 4.79 Å². The van der Waals surface area contributed by atoms with Crippen LogP contribution in [0.4, 0.5) is 0 Å². The van der Waals surface area contributed by atoms with E-state index < -0.39 is 0 Å². The molecule has 4 heterocycles. The van der Waals surface area contributed by atoms with Crippen LogP contribution in [0, 0.1) is 27.7 Å². The highest BCUT2D eigenvalue weighted by molar-refractivity contribution is 7.10. The van der Waals surface area contributed by atoms with Gasteiger partial charge >= 0.3 is 0 Å². The van der Waals surface area contributed by atoms with Crippen molar-refractivity contribution in [1.82, 2.24) is 19.5 Å². The topological polar surface area (TPSA) is 69.9 Å². The minimum Gasteiger partial charge on any atom is -0.488 e. The Morgan fingerprint density at radius 1 is 1.06 bits per heavy atom. The first-order valence-electron chi connectivity index (χ1n) is 11.4. The van der Waals surface area contributed by atoms with Crippen LogP contribution in [-0.2, 0) is 12.0 Å². The number of aromatic nitrogens is 4. The van der Waals surface area contributed by atoms with E-state index in [-0.39, 0.29) is 11.0 Å². The predicted molar refractivity (Wildman–Crippen MR) is 142 cm³/mol. The smallest absolute Gasteiger partial charge is 0.261 e. The Morgan fingerprint density at radius 2 is 1.80 bits per heavy atom. The van der Waals surface area contributed by atoms with Crippen LogP contribution in [0.5, 0.6) is 5.75 Å². The molecular formula is C27H29ClN4O2S. The molecule has 0 atom stereocenters. The second kappa shape index (κ2) is 9.55. The molecule has 0 aliphatic heterocycles. The van der Waals surface area contributed by atoms with Crippen molar-refractivity contribution in [2.75, 3.05) is 0 Å². The molecule has 0 bridgehead atoms. The van der Waals surface area contributed by atoms with E-state index in [2.05, 4.69) is 49.1 Å². The molecule has 4 rings (SSSR count). The molecule has 0 aliphatic rings. The lowest BCUT2D eigenvalue weighted by atomic mass is 9.95. The minimum absolute atomic E-state index is 0.185. The maximum absolute atomic E-state index is 13.5. The Hall–Kier alpha value is -3.03. The van der Waals surface area contributed by atoms with Crippen LogP contribution in [0.3, 0.4) is 0 Å². The molecule has 0 saturated heterocycles. The van der Waals surface area contributed by atoms with Crippen LogP contribution in [0.15, 0.2) is 40.8 Å². The van der Waals surface area contributed by atoms with Gasteiger partial charge < -0.3 is 4.74 Å². The molecular weight excluding hydrogens is 480 g/mol. The monoisotopic (exact) mass is 508 g/mol. The van der Waals surface area contributed by atoms with Gasteiger partial charge in [0.15, 0.2) is 0 Å². The third-order valence-corrected chi connectivity index (χ3v) is 6.93. The molecule has 182 valence electrons. The summed E-state index contributed by atoms with van der Waals surface area (Å²) in [6, 6.07) is 5.78. The summed E-state index contributed by atoms with van der Waals surface area (Å²) in [5.74, 6) is 1.29. The van der Waals surface area contributed by atoms with Crippen molar-refractivity contribution in [3.05, 3.63) is 84.4 Å². The molecule has 0 unspecified atom stereocenters. The predicted octanol–water partition coefficient (Wildman–Crippen LogP) is 6.51. The molecule has 0 amide bonds. The number of hydrogen-bond acceptors (Lipinski definition) is 6. The molecule has 6 nitrogen and oxygen atoms in total. The quantitative estimate of drug-likeness (QED) is 0.307. The summed E-state index contributed by atoms with van der Waals surface area (Å²) in [6.45, 7) is 14.3. The highest BCUT2D eigenvalue weighted by atomic mass is 35.5. The summed E-state index contributed by atoms with van der Waals surface area (Å²) in [5, 5.41) is 2.44. The van der Waals surface area contributed by atoms with Gasteiger partial charge in [0.25, 0.3) is 5.56 Å². The number of halogens is 1. The van der Waals surface area contributed by atoms with Gasteiger partial charge in [-0.1, -0.05) is 32.4 Å². The SMILES string of the molecule is Cc1cc(COc2cc(C)n(-c3cc(-c4nc(C(C)(C)C)ncc4C)ncc3Cl)c(=O)c2C)cs1. The maximum atomic E-state index is 13.5. The number of hydrogen-bond donors (Lipinski definition) is 0. The molecule has 0 N–H and O–H groups in total. The van der Waals surface area contributed by atoms with Crippen LogP contribution in [-0.4, -0.2) is 19.5 Å². The number of rotatable bonds is 5. The van der Waals surface area contributed by atoms with Crippen molar-refractivity contribution in [3.8, 4) is 22.8 Å². The van der Waals surface area contributed by atoms with Crippen LogP contribution < -0.4 is 10.3 Å². The zero-order valence-electron chi connectivity index (χ0n) is 21.1. The lowest BCUT2D eigenvalue weighted by Gasteiger charge is -2.19. The van der Waals surface area contributed by atoms with E-state index in [1.165, 1.54) is 4.88 Å². The molecule has 4 aromatic heterocycles. The standard InChI is InChI=1S/C27H29ClN4O2S/c1-15-11-30-26(27(5,6)7)31-24(15)21-10-22(20(28)12-29-21)32-16(2)8-23(18(4)25(32)33)34-13-19-9-17(3)35-14-19/h8-12,14H,13H2,1-7H3. The molecule has 0 fully saturated rings. The first-order chi connectivity index (χ1) is 16.5. The molecule has 35 heavy (non-hydrogen) atoms. The summed E-state index contributed by atoms with van der Waals surface area (Å²) in [7, 11) is 0. The Morgan fingerprint density at radius 3 is 2.46 bits per heavy atom. The number of pyridine rings is 2. The fourth-order valence-electron chi connectivity index (χ4n) is 3.77. The molecule has 0 aromatic carbocycles. The van der Waals surface area contributed by atoms with Crippen LogP contribution in [0.1, 0.15) is 53.9 Å². The molecule has 0 aliphatic carbocycles. The number of ether oxygens (including phenoxy) is 1. The first kappa shape index (κ1) is 25.1. The average molecular weight is 509 g/mol. The Kier molecular flexibility index (Phi) is 6.84. The molecule has 8 heteroatoms. The van der Waals surface area contributed by atoms with Crippen molar-refractivity contribution >= 4 is 22.9 Å². The first-order valence-corrected chi connectivity index (χ1v) is 12.6. The fraction of sp³-hybridized carbons (Fsp3) is 0.333. The Bertz CT molecular complexity index is 1470. The van der Waals surface area contributed by atoms with Crippen LogP contribution in [0.25, 0.3) is 17.1 Å². The number of nitrogens with zero attached hydrogens (tertiary/aromatic N) is 4. The van der Waals surface area contributed by atoms with Crippen molar-refractivity contribution in [1.29, 1.82) is 0 Å². The van der Waals surface area contributed by atoms with Crippen molar-refractivity contribution in [2.45, 2.75) is 60.5 Å². The van der Waals surface area contributed by atoms with Crippen LogP contribution in [0.2, 0.25) is 5.02 Å². The van der Waals surface area contributed by atoms with Crippen LogP contribution >= 0.6 is 22.9 Å². The van der Waals surface area contributed by atoms with Gasteiger partial charge in [0.1, 0.15) is 18.2 Å². The largest absolute Gasteiger partial charge is 0.488 e. The summed E-state index contributed by atoms with van der Waals surface area (Å²) >= 11 is 8.23. The lowest BCUT2D eigenvalue weighted by molar-refractivity contribution is 0.303. The van der Waals surface area contributed by atoms with E-state index >= 15 is 0 Å². The van der Waals surface area contributed by atoms with Gasteiger partial charge in [0.05, 0.1) is 27.7 Å². The van der Waals surface area contributed by atoms with E-state index in [1.54, 1.807) is 29.0 Å². The molecule has 4 aromatic rings. The second-order valence-electron chi connectivity index (χ2n) is 9.77. The van der Waals surface area contributed by atoms with E-state index in [0.29, 0.717) is 40.0 Å². The second-order valence-corrected chi connectivity index (χ2v) is 11.3. The van der Waals surface area contributed by atoms with Crippen molar-refractivity contribution in [2.24, 2.45) is 0 Å². The Labute approximate surface area is 214 Å². The van der Waals surface area contributed by atoms with Gasteiger partial charge in [-0.15, -0.1) is 11.3 Å². The number of aryl methyl sites for hydroxylation is 3. The third-order valence-electron chi connectivity index (χ3n) is 5.73. The van der Waals surface area contributed by atoms with E-state index in [4.69, 9.17) is 21.3 Å². The summed E-state index contributed by atoms with van der Waals surface area (Å²) in [6.07, 6.45) is 3.37. The molecule has 0 spiro atoms. The van der Waals surface area contributed by atoms with E-state index in [1.807, 2.05) is 32.2 Å². The van der Waals surface area contributed by atoms with Gasteiger partial charge in [0, 0.05) is 40.0 Å². The fourth-order valence-corrected chi connectivity index (χ4v) is 4.65. The van der Waals surface area contributed by atoms with Crippen molar-refractivity contribution < 1.29 is 4.74 Å². The highest BCUT2D eigenvalue weighted by Gasteiger charge is 2.21. The maximum Gasteiger partial charge on any atom is 0.261 e. The minimum atomic E-state index is -0.208. The van der Waals surface area contributed by atoms with Gasteiger partial charge in [-0.3, -0.25) is 14.3 Å². The highest BCUT2D eigenvalue weighted by Crippen LogP contribution is 2.29. The zero-order valence-corrected chi connectivity index (χ0v) is 22.6. The van der Waals surface area contributed by atoms with Gasteiger partial charge in [-0.2, -0.15) is 0 Å². The van der Waals surface area contributed by atoms with Gasteiger partial charge in [-0.05, 0) is 50.8 Å². The lowest BCUT2D eigenvalue weighted by Crippen LogP contribution is -2.24. The zero-order chi connectivity index (χ0) is 25.5. The van der Waals surface area contributed by atoms with Crippen molar-refractivity contribution in [3.63, 3.8) is 0 Å². The van der Waals surface area contributed by atoms with Gasteiger partial charge in [-0.25, -0.2) is 9.97 Å². The van der Waals surface area contributed by atoms with E-state index in [0.717, 1.165) is 22.6 Å². The number of thiophene rings is 1.